The van der Waals surface area contributed by atoms with E-state index in [0.717, 1.165) is 17.1 Å². The number of nitrogens with one attached hydrogen (secondary N) is 2. The van der Waals surface area contributed by atoms with Crippen molar-refractivity contribution in [2.24, 2.45) is 0 Å². The Kier molecular flexibility index (Phi) is 4.29. The highest BCUT2D eigenvalue weighted by atomic mass is 32.1. The molecule has 1 aromatic heterocycles. The number of hydrogen-bond acceptors (Lipinski definition) is 3. The number of thiocarbonyl (C=S) groups is 1. The summed E-state index contributed by atoms with van der Waals surface area (Å²) in [5.74, 6) is 0.517. The lowest BCUT2D eigenvalue weighted by atomic mass is 10.1. The van der Waals surface area contributed by atoms with Crippen molar-refractivity contribution in [3.8, 4) is 0 Å². The van der Waals surface area contributed by atoms with E-state index < -0.39 is 0 Å². The van der Waals surface area contributed by atoms with Gasteiger partial charge in [0.2, 0.25) is 5.95 Å². The molecule has 2 aromatic rings. The third-order valence-electron chi connectivity index (χ3n) is 2.97. The average molecular weight is 286 g/mol. The fourth-order valence-corrected chi connectivity index (χ4v) is 2.07. The number of rotatable bonds is 2. The second-order valence-electron chi connectivity index (χ2n) is 4.85. The zero-order valence-corrected chi connectivity index (χ0v) is 12.9. The largest absolute Gasteiger partial charge is 0.332 e. The molecule has 0 amide bonds. The molecule has 0 aliphatic rings. The fourth-order valence-electron chi connectivity index (χ4n) is 1.86. The van der Waals surface area contributed by atoms with Crippen molar-refractivity contribution in [1.82, 2.24) is 9.97 Å². The molecule has 0 saturated carbocycles. The normalized spacial score (nSPS) is 10.2. The fraction of sp³-hybridized carbons (Fsp3) is 0.267. The molecular weight excluding hydrogens is 268 g/mol. The first-order chi connectivity index (χ1) is 9.44. The van der Waals surface area contributed by atoms with E-state index in [1.54, 1.807) is 0 Å². The van der Waals surface area contributed by atoms with Crippen LogP contribution < -0.4 is 10.6 Å². The lowest BCUT2D eigenvalue weighted by Gasteiger charge is -2.11. The van der Waals surface area contributed by atoms with Gasteiger partial charge in [-0.1, -0.05) is 6.07 Å². The maximum Gasteiger partial charge on any atom is 0.229 e. The second kappa shape index (κ2) is 5.96. The van der Waals surface area contributed by atoms with Gasteiger partial charge in [-0.3, -0.25) is 0 Å². The predicted molar refractivity (Wildman–Crippen MR) is 87.3 cm³/mol. The first-order valence-electron chi connectivity index (χ1n) is 6.41. The highest BCUT2D eigenvalue weighted by molar-refractivity contribution is 7.80. The maximum atomic E-state index is 5.28. The quantitative estimate of drug-likeness (QED) is 0.827. The molecule has 0 fully saturated rings. The molecule has 104 valence electrons. The molecule has 1 heterocycles. The van der Waals surface area contributed by atoms with Gasteiger partial charge in [0.05, 0.1) is 0 Å². The third-order valence-corrected chi connectivity index (χ3v) is 3.18. The topological polar surface area (TPSA) is 49.8 Å². The minimum atomic E-state index is 0.484. The Morgan fingerprint density at radius 2 is 1.55 bits per heavy atom. The lowest BCUT2D eigenvalue weighted by Crippen LogP contribution is -2.21. The number of hydrogen-bond donors (Lipinski definition) is 2. The molecule has 0 bridgehead atoms. The van der Waals surface area contributed by atoms with Crippen LogP contribution in [0.5, 0.6) is 0 Å². The van der Waals surface area contributed by atoms with E-state index in [2.05, 4.69) is 46.6 Å². The molecule has 0 saturated heterocycles. The van der Waals surface area contributed by atoms with Crippen molar-refractivity contribution in [2.45, 2.75) is 27.7 Å². The Hall–Kier alpha value is -2.01. The summed E-state index contributed by atoms with van der Waals surface area (Å²) in [4.78, 5) is 8.60. The van der Waals surface area contributed by atoms with E-state index in [9.17, 15) is 0 Å². The molecule has 0 aliphatic carbocycles. The maximum absolute atomic E-state index is 5.28. The van der Waals surface area contributed by atoms with Gasteiger partial charge in [-0.05, 0) is 69.2 Å². The second-order valence-corrected chi connectivity index (χ2v) is 5.26. The number of benzene rings is 1. The monoisotopic (exact) mass is 286 g/mol. The van der Waals surface area contributed by atoms with Crippen molar-refractivity contribution < 1.29 is 0 Å². The SMILES string of the molecule is Cc1cc(C)nc(NC(=S)Nc2ccc(C)c(C)c2)n1. The third kappa shape index (κ3) is 3.74. The van der Waals surface area contributed by atoms with Crippen molar-refractivity contribution in [3.05, 3.63) is 46.8 Å². The van der Waals surface area contributed by atoms with Gasteiger partial charge in [0.15, 0.2) is 5.11 Å². The van der Waals surface area contributed by atoms with Crippen LogP contribution in [0.25, 0.3) is 0 Å². The van der Waals surface area contributed by atoms with Gasteiger partial charge in [0, 0.05) is 17.1 Å². The van der Waals surface area contributed by atoms with Gasteiger partial charge in [-0.25, -0.2) is 9.97 Å². The van der Waals surface area contributed by atoms with Crippen LogP contribution in [0, 0.1) is 27.7 Å². The first-order valence-corrected chi connectivity index (χ1v) is 6.82. The van der Waals surface area contributed by atoms with Crippen LogP contribution in [0.3, 0.4) is 0 Å². The van der Waals surface area contributed by atoms with Crippen LogP contribution in [0.2, 0.25) is 0 Å². The van der Waals surface area contributed by atoms with Gasteiger partial charge in [-0.2, -0.15) is 0 Å². The van der Waals surface area contributed by atoms with Crippen molar-refractivity contribution in [3.63, 3.8) is 0 Å². The zero-order chi connectivity index (χ0) is 14.7. The molecule has 0 radical (unpaired) electrons. The van der Waals surface area contributed by atoms with E-state index in [4.69, 9.17) is 12.2 Å². The van der Waals surface area contributed by atoms with Gasteiger partial charge < -0.3 is 10.6 Å². The van der Waals surface area contributed by atoms with Crippen LogP contribution >= 0.6 is 12.2 Å². The van der Waals surface area contributed by atoms with E-state index in [-0.39, 0.29) is 0 Å². The van der Waals surface area contributed by atoms with Crippen molar-refractivity contribution >= 4 is 29.0 Å². The summed E-state index contributed by atoms with van der Waals surface area (Å²) in [5, 5.41) is 6.63. The van der Waals surface area contributed by atoms with E-state index >= 15 is 0 Å². The molecule has 20 heavy (non-hydrogen) atoms. The smallest absolute Gasteiger partial charge is 0.229 e. The molecule has 4 nitrogen and oxygen atoms in total. The molecule has 0 unspecified atom stereocenters. The Morgan fingerprint density at radius 1 is 0.900 bits per heavy atom. The van der Waals surface area contributed by atoms with Crippen LogP contribution in [0.15, 0.2) is 24.3 Å². The Bertz CT molecular complexity index is 632. The molecular formula is C15H18N4S. The summed E-state index contributed by atoms with van der Waals surface area (Å²) in [6.07, 6.45) is 0. The Morgan fingerprint density at radius 3 is 2.15 bits per heavy atom. The van der Waals surface area contributed by atoms with Crippen LogP contribution in [0.1, 0.15) is 22.5 Å². The van der Waals surface area contributed by atoms with Crippen LogP contribution in [0.4, 0.5) is 11.6 Å². The molecule has 0 aliphatic heterocycles. The van der Waals surface area contributed by atoms with E-state index in [0.29, 0.717) is 11.1 Å². The molecule has 2 rings (SSSR count). The summed E-state index contributed by atoms with van der Waals surface area (Å²) in [6, 6.07) is 8.04. The Labute approximate surface area is 124 Å². The minimum absolute atomic E-state index is 0.484. The summed E-state index contributed by atoms with van der Waals surface area (Å²) in [5.41, 5.74) is 5.26. The minimum Gasteiger partial charge on any atom is -0.332 e. The summed E-state index contributed by atoms with van der Waals surface area (Å²) in [7, 11) is 0. The molecule has 0 atom stereocenters. The number of nitrogens with zero attached hydrogens (tertiary/aromatic N) is 2. The number of aromatic nitrogens is 2. The van der Waals surface area contributed by atoms with Gasteiger partial charge in [0.25, 0.3) is 0 Å². The highest BCUT2D eigenvalue weighted by Crippen LogP contribution is 2.14. The highest BCUT2D eigenvalue weighted by Gasteiger charge is 2.03. The first kappa shape index (κ1) is 14.4. The van der Waals surface area contributed by atoms with Crippen molar-refractivity contribution in [1.29, 1.82) is 0 Å². The molecule has 0 spiro atoms. The summed E-state index contributed by atoms with van der Waals surface area (Å²) in [6.45, 7) is 8.02. The molecule has 5 heteroatoms. The summed E-state index contributed by atoms with van der Waals surface area (Å²) < 4.78 is 0. The standard InChI is InChI=1S/C15H18N4S/c1-9-5-6-13(7-10(9)2)18-15(20)19-14-16-11(3)8-12(4)17-14/h5-8H,1-4H3,(H2,16,17,18,19,20). The van der Waals surface area contributed by atoms with E-state index in [1.807, 2.05) is 26.0 Å². The number of aryl methyl sites for hydroxylation is 4. The number of anilines is 2. The Balaban J connectivity index is 2.06. The van der Waals surface area contributed by atoms with Gasteiger partial charge in [0.1, 0.15) is 0 Å². The van der Waals surface area contributed by atoms with Gasteiger partial charge in [-0.15, -0.1) is 0 Å². The molecule has 1 aromatic carbocycles. The van der Waals surface area contributed by atoms with E-state index in [1.165, 1.54) is 11.1 Å². The van der Waals surface area contributed by atoms with Crippen LogP contribution in [-0.2, 0) is 0 Å². The lowest BCUT2D eigenvalue weighted by molar-refractivity contribution is 1.07. The van der Waals surface area contributed by atoms with Gasteiger partial charge >= 0.3 is 0 Å². The molecule has 2 N–H and O–H groups in total. The summed E-state index contributed by atoms with van der Waals surface area (Å²) >= 11 is 5.28. The average Bonchev–Trinajstić information content (AvgIpc) is 2.32. The zero-order valence-electron chi connectivity index (χ0n) is 12.1. The predicted octanol–water partition coefficient (Wildman–Crippen LogP) is 3.52. The van der Waals surface area contributed by atoms with Crippen LogP contribution in [-0.4, -0.2) is 15.1 Å². The van der Waals surface area contributed by atoms with Crippen molar-refractivity contribution in [2.75, 3.05) is 10.6 Å².